The Bertz CT molecular complexity index is 448. The molecule has 1 aliphatic heterocycles. The van der Waals surface area contributed by atoms with Crippen LogP contribution in [-0.4, -0.2) is 36.5 Å². The Hall–Kier alpha value is -1.55. The lowest BCUT2D eigenvalue weighted by Gasteiger charge is -2.23. The third-order valence-corrected chi connectivity index (χ3v) is 3.86. The van der Waals surface area contributed by atoms with E-state index < -0.39 is 0 Å². The van der Waals surface area contributed by atoms with Crippen LogP contribution in [-0.2, 0) is 4.79 Å². The highest BCUT2D eigenvalue weighted by Crippen LogP contribution is 2.19. The number of benzene rings is 1. The van der Waals surface area contributed by atoms with E-state index in [9.17, 15) is 4.79 Å². The molecule has 0 aromatic heterocycles. The molecule has 1 amide bonds. The number of nitrogens with zero attached hydrogens (tertiary/aromatic N) is 1. The van der Waals surface area contributed by atoms with E-state index in [2.05, 4.69) is 0 Å². The van der Waals surface area contributed by atoms with E-state index in [4.69, 9.17) is 10.5 Å². The average Bonchev–Trinajstić information content (AvgIpc) is 2.93. The van der Waals surface area contributed by atoms with Crippen molar-refractivity contribution >= 4 is 5.91 Å². The minimum atomic E-state index is 0.214. The quantitative estimate of drug-likeness (QED) is 0.810. The maximum Gasteiger partial charge on any atom is 0.222 e. The summed E-state index contributed by atoms with van der Waals surface area (Å²) in [6, 6.07) is 8.19. The van der Waals surface area contributed by atoms with E-state index in [1.807, 2.05) is 36.1 Å². The molecule has 2 N–H and O–H groups in total. The van der Waals surface area contributed by atoms with Crippen molar-refractivity contribution in [2.24, 2.45) is 5.73 Å². The maximum atomic E-state index is 12.1. The van der Waals surface area contributed by atoms with Gasteiger partial charge in [0.1, 0.15) is 5.75 Å². The van der Waals surface area contributed by atoms with Crippen LogP contribution in [0.2, 0.25) is 0 Å². The first-order chi connectivity index (χ1) is 9.72. The van der Waals surface area contributed by atoms with Crippen molar-refractivity contribution in [2.75, 3.05) is 19.7 Å². The number of likely N-dealkylation sites (tertiary alicyclic amines) is 1. The smallest absolute Gasteiger partial charge is 0.222 e. The number of aryl methyl sites for hydroxylation is 1. The number of hydrogen-bond donors (Lipinski definition) is 1. The molecule has 1 aromatic rings. The maximum absolute atomic E-state index is 12.1. The van der Waals surface area contributed by atoms with Crippen molar-refractivity contribution in [1.29, 1.82) is 0 Å². The van der Waals surface area contributed by atoms with E-state index >= 15 is 0 Å². The Balaban J connectivity index is 1.71. The predicted octanol–water partition coefficient (Wildman–Crippen LogP) is 2.10. The Kier molecular flexibility index (Phi) is 5.41. The average molecular weight is 276 g/mol. The van der Waals surface area contributed by atoms with Crippen molar-refractivity contribution in [3.63, 3.8) is 0 Å². The molecular weight excluding hydrogens is 252 g/mol. The van der Waals surface area contributed by atoms with Crippen LogP contribution in [0.5, 0.6) is 5.75 Å². The number of rotatable bonds is 6. The number of carbonyl (C=O) groups excluding carboxylic acids is 1. The zero-order valence-corrected chi connectivity index (χ0v) is 12.2. The number of amides is 1. The molecule has 0 bridgehead atoms. The molecule has 1 unspecified atom stereocenters. The van der Waals surface area contributed by atoms with Gasteiger partial charge in [0.05, 0.1) is 6.61 Å². The Morgan fingerprint density at radius 3 is 3.00 bits per heavy atom. The second-order valence-corrected chi connectivity index (χ2v) is 5.34. The van der Waals surface area contributed by atoms with E-state index in [1.165, 1.54) is 0 Å². The normalized spacial score (nSPS) is 18.3. The lowest BCUT2D eigenvalue weighted by atomic mass is 10.2. The van der Waals surface area contributed by atoms with E-state index in [0.29, 0.717) is 19.6 Å². The molecule has 2 rings (SSSR count). The molecule has 4 heteroatoms. The van der Waals surface area contributed by atoms with Gasteiger partial charge in [-0.25, -0.2) is 0 Å². The van der Waals surface area contributed by atoms with Crippen LogP contribution < -0.4 is 10.5 Å². The van der Waals surface area contributed by atoms with Gasteiger partial charge in [-0.2, -0.15) is 0 Å². The number of nitrogens with two attached hydrogens (primary N) is 1. The van der Waals surface area contributed by atoms with Gasteiger partial charge in [0.25, 0.3) is 0 Å². The second-order valence-electron chi connectivity index (χ2n) is 5.34. The first kappa shape index (κ1) is 14.9. The Morgan fingerprint density at radius 2 is 2.25 bits per heavy atom. The standard InChI is InChI=1S/C16H24N2O2/c1-13-6-2-3-8-15(13)20-11-5-9-16(19)18-10-4-7-14(18)12-17/h2-3,6,8,14H,4-5,7,9-12,17H2,1H3. The molecule has 20 heavy (non-hydrogen) atoms. The van der Waals surface area contributed by atoms with Crippen LogP contribution in [0, 0.1) is 6.92 Å². The number of ether oxygens (including phenoxy) is 1. The third kappa shape index (κ3) is 3.73. The topological polar surface area (TPSA) is 55.6 Å². The van der Waals surface area contributed by atoms with Gasteiger partial charge in [0.2, 0.25) is 5.91 Å². The zero-order valence-electron chi connectivity index (χ0n) is 12.2. The minimum absolute atomic E-state index is 0.214. The molecule has 0 radical (unpaired) electrons. The van der Waals surface area contributed by atoms with Gasteiger partial charge >= 0.3 is 0 Å². The van der Waals surface area contributed by atoms with Crippen molar-refractivity contribution in [3.05, 3.63) is 29.8 Å². The fourth-order valence-corrected chi connectivity index (χ4v) is 2.68. The van der Waals surface area contributed by atoms with Gasteiger partial charge in [-0.05, 0) is 37.8 Å². The summed E-state index contributed by atoms with van der Waals surface area (Å²) in [5.74, 6) is 1.12. The van der Waals surface area contributed by atoms with Crippen LogP contribution in [0.4, 0.5) is 0 Å². The van der Waals surface area contributed by atoms with Gasteiger partial charge in [-0.3, -0.25) is 4.79 Å². The molecule has 1 heterocycles. The Labute approximate surface area is 120 Å². The molecule has 1 aromatic carbocycles. The summed E-state index contributed by atoms with van der Waals surface area (Å²) < 4.78 is 5.71. The molecule has 1 aliphatic rings. The molecule has 4 nitrogen and oxygen atoms in total. The van der Waals surface area contributed by atoms with E-state index in [1.54, 1.807) is 0 Å². The minimum Gasteiger partial charge on any atom is -0.493 e. The highest BCUT2D eigenvalue weighted by molar-refractivity contribution is 5.76. The van der Waals surface area contributed by atoms with Crippen LogP contribution in [0.15, 0.2) is 24.3 Å². The zero-order chi connectivity index (χ0) is 14.4. The summed E-state index contributed by atoms with van der Waals surface area (Å²) in [5, 5.41) is 0. The van der Waals surface area contributed by atoms with Crippen LogP contribution >= 0.6 is 0 Å². The fraction of sp³-hybridized carbons (Fsp3) is 0.562. The van der Waals surface area contributed by atoms with Crippen molar-refractivity contribution in [3.8, 4) is 5.75 Å². The highest BCUT2D eigenvalue weighted by Gasteiger charge is 2.26. The third-order valence-electron chi connectivity index (χ3n) is 3.86. The van der Waals surface area contributed by atoms with Gasteiger partial charge in [-0.15, -0.1) is 0 Å². The van der Waals surface area contributed by atoms with Crippen LogP contribution in [0.1, 0.15) is 31.2 Å². The first-order valence-corrected chi connectivity index (χ1v) is 7.40. The van der Waals surface area contributed by atoms with Crippen molar-refractivity contribution < 1.29 is 9.53 Å². The molecule has 0 spiro atoms. The highest BCUT2D eigenvalue weighted by atomic mass is 16.5. The summed E-state index contributed by atoms with van der Waals surface area (Å²) in [4.78, 5) is 14.0. The van der Waals surface area contributed by atoms with Crippen LogP contribution in [0.25, 0.3) is 0 Å². The lowest BCUT2D eigenvalue weighted by Crippen LogP contribution is -2.39. The number of para-hydroxylation sites is 1. The summed E-state index contributed by atoms with van der Waals surface area (Å²) in [6.07, 6.45) is 3.42. The van der Waals surface area contributed by atoms with E-state index in [-0.39, 0.29) is 11.9 Å². The Morgan fingerprint density at radius 1 is 1.45 bits per heavy atom. The van der Waals surface area contributed by atoms with E-state index in [0.717, 1.165) is 37.1 Å². The molecule has 1 saturated heterocycles. The SMILES string of the molecule is Cc1ccccc1OCCCC(=O)N1CCCC1CN. The predicted molar refractivity (Wildman–Crippen MR) is 79.7 cm³/mol. The second kappa shape index (κ2) is 7.29. The molecule has 0 aliphatic carbocycles. The van der Waals surface area contributed by atoms with Gasteiger partial charge < -0.3 is 15.4 Å². The van der Waals surface area contributed by atoms with Gasteiger partial charge in [0.15, 0.2) is 0 Å². The van der Waals surface area contributed by atoms with Crippen molar-refractivity contribution in [1.82, 2.24) is 4.90 Å². The monoisotopic (exact) mass is 276 g/mol. The number of carbonyl (C=O) groups is 1. The lowest BCUT2D eigenvalue weighted by molar-refractivity contribution is -0.132. The molecule has 0 saturated carbocycles. The summed E-state index contributed by atoms with van der Waals surface area (Å²) in [6.45, 7) is 4.04. The molecule has 1 atom stereocenters. The first-order valence-electron chi connectivity index (χ1n) is 7.40. The van der Waals surface area contributed by atoms with Crippen molar-refractivity contribution in [2.45, 2.75) is 38.6 Å². The van der Waals surface area contributed by atoms with Gasteiger partial charge in [0, 0.05) is 25.6 Å². The fourth-order valence-electron chi connectivity index (χ4n) is 2.68. The molecule has 110 valence electrons. The molecular formula is C16H24N2O2. The summed E-state index contributed by atoms with van der Waals surface area (Å²) in [5.41, 5.74) is 6.82. The molecule has 1 fully saturated rings. The summed E-state index contributed by atoms with van der Waals surface area (Å²) >= 11 is 0. The largest absolute Gasteiger partial charge is 0.493 e. The number of hydrogen-bond acceptors (Lipinski definition) is 3. The summed E-state index contributed by atoms with van der Waals surface area (Å²) in [7, 11) is 0. The van der Waals surface area contributed by atoms with Crippen LogP contribution in [0.3, 0.4) is 0 Å². The van der Waals surface area contributed by atoms with Gasteiger partial charge in [-0.1, -0.05) is 18.2 Å².